The van der Waals surface area contributed by atoms with Gasteiger partial charge in [0.25, 0.3) is 0 Å². The molecule has 0 fully saturated rings. The predicted octanol–water partition coefficient (Wildman–Crippen LogP) is 14.3. The number of phosphoric acid groups is 1. The van der Waals surface area contributed by atoms with Crippen LogP contribution in [-0.4, -0.2) is 73.4 Å². The zero-order chi connectivity index (χ0) is 42.8. The smallest absolute Gasteiger partial charge is 0.387 e. The Morgan fingerprint density at radius 1 is 0.569 bits per heavy atom. The van der Waals surface area contributed by atoms with Gasteiger partial charge in [-0.2, -0.15) is 0 Å². The van der Waals surface area contributed by atoms with Gasteiger partial charge in [0.1, 0.15) is 13.2 Å². The number of phosphoric ester groups is 1. The quantitative estimate of drug-likeness (QED) is 0.0244. The van der Waals surface area contributed by atoms with E-state index in [1.165, 1.54) is 193 Å². The molecule has 0 spiro atoms. The standard InChI is InChI=1S/C49H99N2O6P/c1-6-8-10-12-14-15-16-17-18-19-20-21-22-23-24-25-26-27-28-29-30-31-32-33-34-35-37-38-40-42-48(52)47(46-57-58(54,55)56-45-44-51(3,4)5)50-49(53)43-41-39-36-13-11-9-7-2/h40,42,47-48,52H,6-39,41,43-46H2,1-5H3,(H-,50,53,54,55)/p+1/b42-40+. The van der Waals surface area contributed by atoms with Crippen molar-refractivity contribution in [2.75, 3.05) is 40.9 Å². The van der Waals surface area contributed by atoms with Crippen LogP contribution < -0.4 is 5.32 Å². The first-order chi connectivity index (χ1) is 28.0. The van der Waals surface area contributed by atoms with E-state index in [4.69, 9.17) is 9.05 Å². The summed E-state index contributed by atoms with van der Waals surface area (Å²) in [6.07, 6.45) is 49.1. The molecule has 0 rings (SSSR count). The van der Waals surface area contributed by atoms with Crippen LogP contribution in [0.5, 0.6) is 0 Å². The SMILES string of the molecule is CCCCCCCCCCCCCCCCCCCCCCCCCCCCC/C=C/C(O)C(COP(=O)(O)OCC[N+](C)(C)C)NC(=O)CCCCCCCCC. The molecule has 346 valence electrons. The van der Waals surface area contributed by atoms with Gasteiger partial charge >= 0.3 is 7.82 Å². The van der Waals surface area contributed by atoms with Crippen molar-refractivity contribution in [2.45, 2.75) is 257 Å². The fourth-order valence-corrected chi connectivity index (χ4v) is 8.25. The maximum absolute atomic E-state index is 12.7. The highest BCUT2D eigenvalue weighted by atomic mass is 31.2. The van der Waals surface area contributed by atoms with E-state index in [1.807, 2.05) is 27.2 Å². The molecule has 3 N–H and O–H groups in total. The van der Waals surface area contributed by atoms with Crippen LogP contribution in [0.1, 0.15) is 245 Å². The second kappa shape index (κ2) is 41.6. The number of unbranched alkanes of at least 4 members (excludes halogenated alkanes) is 33. The summed E-state index contributed by atoms with van der Waals surface area (Å²) in [4.78, 5) is 23.0. The number of hydrogen-bond donors (Lipinski definition) is 3. The van der Waals surface area contributed by atoms with E-state index in [0.29, 0.717) is 17.4 Å². The van der Waals surface area contributed by atoms with Gasteiger partial charge in [-0.05, 0) is 19.3 Å². The fraction of sp³-hybridized carbons (Fsp3) is 0.939. The first-order valence-electron chi connectivity index (χ1n) is 25.1. The molecule has 0 bridgehead atoms. The minimum atomic E-state index is -4.33. The first-order valence-corrected chi connectivity index (χ1v) is 26.6. The minimum absolute atomic E-state index is 0.0642. The number of aliphatic hydroxyl groups is 1. The van der Waals surface area contributed by atoms with Crippen molar-refractivity contribution in [3.8, 4) is 0 Å². The summed E-state index contributed by atoms with van der Waals surface area (Å²) in [5, 5.41) is 13.8. The zero-order valence-corrected chi connectivity index (χ0v) is 40.2. The van der Waals surface area contributed by atoms with E-state index in [1.54, 1.807) is 6.08 Å². The molecule has 0 aromatic rings. The molecule has 3 unspecified atom stereocenters. The lowest BCUT2D eigenvalue weighted by atomic mass is 10.0. The Morgan fingerprint density at radius 2 is 0.914 bits per heavy atom. The topological polar surface area (TPSA) is 105 Å². The van der Waals surface area contributed by atoms with Gasteiger partial charge in [0, 0.05) is 6.42 Å². The number of likely N-dealkylation sites (N-methyl/N-ethyl adjacent to an activating group) is 1. The van der Waals surface area contributed by atoms with E-state index < -0.39 is 20.0 Å². The van der Waals surface area contributed by atoms with Crippen molar-refractivity contribution in [2.24, 2.45) is 0 Å². The molecule has 0 aliphatic rings. The highest BCUT2D eigenvalue weighted by Gasteiger charge is 2.27. The molecule has 0 saturated heterocycles. The molecule has 0 radical (unpaired) electrons. The molecule has 58 heavy (non-hydrogen) atoms. The highest BCUT2D eigenvalue weighted by Crippen LogP contribution is 2.43. The molecular formula is C49H100N2O6P+. The Balaban J connectivity index is 3.99. The second-order valence-corrected chi connectivity index (χ2v) is 20.0. The minimum Gasteiger partial charge on any atom is -0.387 e. The largest absolute Gasteiger partial charge is 0.472 e. The van der Waals surface area contributed by atoms with Crippen LogP contribution in [0.25, 0.3) is 0 Å². The summed E-state index contributed by atoms with van der Waals surface area (Å²) in [6, 6.07) is -0.838. The lowest BCUT2D eigenvalue weighted by Crippen LogP contribution is -2.45. The van der Waals surface area contributed by atoms with Crippen LogP contribution in [-0.2, 0) is 18.4 Å². The van der Waals surface area contributed by atoms with Gasteiger partial charge in [-0.1, -0.05) is 231 Å². The van der Waals surface area contributed by atoms with Crippen molar-refractivity contribution in [1.82, 2.24) is 5.32 Å². The van der Waals surface area contributed by atoms with Crippen LogP contribution in [0.2, 0.25) is 0 Å². The average molecular weight is 844 g/mol. The molecule has 9 heteroatoms. The molecule has 0 aliphatic carbocycles. The van der Waals surface area contributed by atoms with Crippen LogP contribution in [0, 0.1) is 0 Å². The summed E-state index contributed by atoms with van der Waals surface area (Å²) < 4.78 is 23.5. The Hall–Kier alpha value is -0.760. The number of hydrogen-bond acceptors (Lipinski definition) is 5. The van der Waals surface area contributed by atoms with Crippen LogP contribution in [0.15, 0.2) is 12.2 Å². The summed E-state index contributed by atoms with van der Waals surface area (Å²) in [7, 11) is 1.58. The maximum Gasteiger partial charge on any atom is 0.472 e. The predicted molar refractivity (Wildman–Crippen MR) is 249 cm³/mol. The van der Waals surface area contributed by atoms with Crippen molar-refractivity contribution >= 4 is 13.7 Å². The third kappa shape index (κ3) is 43.3. The third-order valence-electron chi connectivity index (χ3n) is 11.5. The molecule has 0 aromatic heterocycles. The Kier molecular flexibility index (Phi) is 41.0. The fourth-order valence-electron chi connectivity index (χ4n) is 7.51. The third-order valence-corrected chi connectivity index (χ3v) is 12.5. The van der Waals surface area contributed by atoms with E-state index >= 15 is 0 Å². The summed E-state index contributed by atoms with van der Waals surface area (Å²) in [5.41, 5.74) is 0. The van der Waals surface area contributed by atoms with Crippen molar-refractivity contribution < 1.29 is 32.9 Å². The number of nitrogens with zero attached hydrogens (tertiary/aromatic N) is 1. The molecule has 0 aliphatic heterocycles. The lowest BCUT2D eigenvalue weighted by Gasteiger charge is -2.25. The van der Waals surface area contributed by atoms with Gasteiger partial charge in [0.05, 0.1) is 39.9 Å². The molecule has 1 amide bonds. The van der Waals surface area contributed by atoms with E-state index in [9.17, 15) is 19.4 Å². The number of rotatable bonds is 46. The lowest BCUT2D eigenvalue weighted by molar-refractivity contribution is -0.870. The number of carbonyl (C=O) groups excluding carboxylic acids is 1. The second-order valence-electron chi connectivity index (χ2n) is 18.6. The normalized spacial score (nSPS) is 14.3. The van der Waals surface area contributed by atoms with Gasteiger partial charge < -0.3 is 19.8 Å². The Labute approximate surface area is 361 Å². The number of allylic oxidation sites excluding steroid dienone is 1. The Morgan fingerprint density at radius 3 is 1.28 bits per heavy atom. The molecule has 8 nitrogen and oxygen atoms in total. The van der Waals surface area contributed by atoms with Gasteiger partial charge in [0.2, 0.25) is 5.91 Å². The van der Waals surface area contributed by atoms with Crippen molar-refractivity contribution in [3.05, 3.63) is 12.2 Å². The number of quaternary nitrogens is 1. The van der Waals surface area contributed by atoms with Crippen molar-refractivity contribution in [3.63, 3.8) is 0 Å². The van der Waals surface area contributed by atoms with E-state index in [2.05, 4.69) is 19.2 Å². The highest BCUT2D eigenvalue weighted by molar-refractivity contribution is 7.47. The summed E-state index contributed by atoms with van der Waals surface area (Å²) >= 11 is 0. The Bertz CT molecular complexity index is 958. The molecular weight excluding hydrogens is 744 g/mol. The van der Waals surface area contributed by atoms with E-state index in [0.717, 1.165) is 32.1 Å². The van der Waals surface area contributed by atoms with Gasteiger partial charge in [-0.15, -0.1) is 0 Å². The molecule has 3 atom stereocenters. The van der Waals surface area contributed by atoms with Crippen LogP contribution in [0.3, 0.4) is 0 Å². The van der Waals surface area contributed by atoms with Gasteiger partial charge in [-0.25, -0.2) is 4.57 Å². The zero-order valence-electron chi connectivity index (χ0n) is 39.3. The summed E-state index contributed by atoms with van der Waals surface area (Å²) in [6.45, 7) is 4.79. The number of aliphatic hydroxyl groups excluding tert-OH is 1. The average Bonchev–Trinajstić information content (AvgIpc) is 3.17. The van der Waals surface area contributed by atoms with Crippen molar-refractivity contribution in [1.29, 1.82) is 0 Å². The maximum atomic E-state index is 12.7. The van der Waals surface area contributed by atoms with Gasteiger partial charge in [0.15, 0.2) is 0 Å². The van der Waals surface area contributed by atoms with Crippen LogP contribution in [0.4, 0.5) is 0 Å². The first kappa shape index (κ1) is 57.2. The van der Waals surface area contributed by atoms with Gasteiger partial charge in [-0.3, -0.25) is 13.8 Å². The number of nitrogens with one attached hydrogen (secondary N) is 1. The molecule has 0 heterocycles. The molecule has 0 aromatic carbocycles. The monoisotopic (exact) mass is 844 g/mol. The number of amides is 1. The summed E-state index contributed by atoms with van der Waals surface area (Å²) in [5.74, 6) is -0.182. The van der Waals surface area contributed by atoms with Crippen LogP contribution >= 0.6 is 7.82 Å². The molecule has 0 saturated carbocycles. The number of carbonyl (C=O) groups is 1. The van der Waals surface area contributed by atoms with E-state index in [-0.39, 0.29) is 19.1 Å².